The van der Waals surface area contributed by atoms with Crippen molar-refractivity contribution in [3.8, 4) is 0 Å². The Balaban J connectivity index is 1.71. The largest absolute Gasteiger partial charge is 0.352 e. The van der Waals surface area contributed by atoms with Crippen LogP contribution >= 0.6 is 23.2 Å². The molecule has 0 unspecified atom stereocenters. The molecule has 3 rings (SSSR count). The minimum Gasteiger partial charge on any atom is -0.352 e. The van der Waals surface area contributed by atoms with E-state index in [4.69, 9.17) is 23.2 Å². The van der Waals surface area contributed by atoms with Crippen LogP contribution in [0.2, 0.25) is 10.0 Å². The van der Waals surface area contributed by atoms with E-state index in [1.54, 1.807) is 6.07 Å². The molecular weight excluding hydrogens is 317 g/mol. The molecule has 0 aromatic heterocycles. The van der Waals surface area contributed by atoms with Crippen LogP contribution in [0.4, 0.5) is 0 Å². The van der Waals surface area contributed by atoms with Gasteiger partial charge >= 0.3 is 0 Å². The SMILES string of the molecule is C[C@@H]1NC(=NCc2ccc(Cl)cc2Cl)N[C@H]1c1ccccc1. The second-order valence-corrected chi connectivity index (χ2v) is 6.21. The van der Waals surface area contributed by atoms with Crippen molar-refractivity contribution in [3.63, 3.8) is 0 Å². The molecule has 0 spiro atoms. The Bertz CT molecular complexity index is 686. The van der Waals surface area contributed by atoms with Gasteiger partial charge in [-0.3, -0.25) is 0 Å². The third-order valence-electron chi connectivity index (χ3n) is 3.74. The first-order valence-electron chi connectivity index (χ1n) is 7.20. The van der Waals surface area contributed by atoms with Gasteiger partial charge in [-0.1, -0.05) is 59.6 Å². The number of aliphatic imine (C=N–C) groups is 1. The highest BCUT2D eigenvalue weighted by molar-refractivity contribution is 6.35. The molecule has 22 heavy (non-hydrogen) atoms. The van der Waals surface area contributed by atoms with E-state index in [2.05, 4.69) is 34.7 Å². The summed E-state index contributed by atoms with van der Waals surface area (Å²) in [5, 5.41) is 8.08. The Kier molecular flexibility index (Phi) is 4.55. The first-order valence-corrected chi connectivity index (χ1v) is 7.95. The molecule has 1 heterocycles. The zero-order chi connectivity index (χ0) is 15.5. The second-order valence-electron chi connectivity index (χ2n) is 5.37. The van der Waals surface area contributed by atoms with Gasteiger partial charge in [0.2, 0.25) is 0 Å². The smallest absolute Gasteiger partial charge is 0.192 e. The first kappa shape index (κ1) is 15.2. The Morgan fingerprint density at radius 2 is 1.82 bits per heavy atom. The normalized spacial score (nSPS) is 22.4. The Morgan fingerprint density at radius 3 is 2.55 bits per heavy atom. The fourth-order valence-corrected chi connectivity index (χ4v) is 3.02. The molecule has 5 heteroatoms. The highest BCUT2D eigenvalue weighted by Gasteiger charge is 2.27. The van der Waals surface area contributed by atoms with E-state index in [0.717, 1.165) is 11.5 Å². The van der Waals surface area contributed by atoms with Crippen LogP contribution < -0.4 is 10.6 Å². The maximum Gasteiger partial charge on any atom is 0.192 e. The van der Waals surface area contributed by atoms with Crippen molar-refractivity contribution in [1.82, 2.24) is 10.6 Å². The molecule has 3 nitrogen and oxygen atoms in total. The summed E-state index contributed by atoms with van der Waals surface area (Å²) in [6, 6.07) is 16.3. The Labute approximate surface area is 140 Å². The zero-order valence-corrected chi connectivity index (χ0v) is 13.7. The lowest BCUT2D eigenvalue weighted by Gasteiger charge is -2.14. The van der Waals surface area contributed by atoms with Gasteiger partial charge in [0.1, 0.15) is 0 Å². The monoisotopic (exact) mass is 333 g/mol. The van der Waals surface area contributed by atoms with Crippen molar-refractivity contribution in [2.75, 3.05) is 0 Å². The van der Waals surface area contributed by atoms with Crippen LogP contribution in [-0.2, 0) is 6.54 Å². The van der Waals surface area contributed by atoms with E-state index in [1.807, 2.05) is 30.3 Å². The fraction of sp³-hybridized carbons (Fsp3) is 0.235. The number of benzene rings is 2. The molecule has 2 atom stereocenters. The number of nitrogens with one attached hydrogen (secondary N) is 2. The molecule has 1 saturated heterocycles. The number of nitrogens with zero attached hydrogens (tertiary/aromatic N) is 1. The zero-order valence-electron chi connectivity index (χ0n) is 12.2. The molecule has 2 aromatic rings. The molecule has 114 valence electrons. The lowest BCUT2D eigenvalue weighted by Crippen LogP contribution is -2.26. The molecule has 0 aliphatic carbocycles. The topological polar surface area (TPSA) is 36.4 Å². The predicted octanol–water partition coefficient (Wildman–Crippen LogP) is 4.17. The van der Waals surface area contributed by atoms with E-state index >= 15 is 0 Å². The summed E-state index contributed by atoms with van der Waals surface area (Å²) in [6.45, 7) is 2.65. The number of guanidine groups is 1. The van der Waals surface area contributed by atoms with Crippen molar-refractivity contribution in [1.29, 1.82) is 0 Å². The van der Waals surface area contributed by atoms with Crippen LogP contribution in [0.1, 0.15) is 24.1 Å². The third-order valence-corrected chi connectivity index (χ3v) is 4.32. The maximum atomic E-state index is 6.17. The van der Waals surface area contributed by atoms with Gasteiger partial charge in [0, 0.05) is 10.0 Å². The van der Waals surface area contributed by atoms with Crippen LogP contribution in [0.15, 0.2) is 53.5 Å². The van der Waals surface area contributed by atoms with Gasteiger partial charge in [-0.25, -0.2) is 4.99 Å². The summed E-state index contributed by atoms with van der Waals surface area (Å²) in [5.74, 6) is 0.798. The van der Waals surface area contributed by atoms with Gasteiger partial charge in [0.25, 0.3) is 0 Å². The van der Waals surface area contributed by atoms with Crippen molar-refractivity contribution in [3.05, 3.63) is 69.7 Å². The van der Waals surface area contributed by atoms with E-state index in [-0.39, 0.29) is 12.1 Å². The number of hydrogen-bond acceptors (Lipinski definition) is 1. The van der Waals surface area contributed by atoms with E-state index < -0.39 is 0 Å². The van der Waals surface area contributed by atoms with Crippen LogP contribution in [0.3, 0.4) is 0 Å². The van der Waals surface area contributed by atoms with Gasteiger partial charge in [-0.05, 0) is 30.2 Å². The van der Waals surface area contributed by atoms with Gasteiger partial charge in [-0.15, -0.1) is 0 Å². The van der Waals surface area contributed by atoms with Crippen LogP contribution in [0.5, 0.6) is 0 Å². The Morgan fingerprint density at radius 1 is 1.05 bits per heavy atom. The average molecular weight is 334 g/mol. The number of rotatable bonds is 3. The molecule has 1 aliphatic heterocycles. The van der Waals surface area contributed by atoms with E-state index in [1.165, 1.54) is 5.56 Å². The van der Waals surface area contributed by atoms with Crippen LogP contribution in [0.25, 0.3) is 0 Å². The highest BCUT2D eigenvalue weighted by Crippen LogP contribution is 2.23. The van der Waals surface area contributed by atoms with E-state index in [0.29, 0.717) is 16.6 Å². The predicted molar refractivity (Wildman–Crippen MR) is 92.5 cm³/mol. The lowest BCUT2D eigenvalue weighted by molar-refractivity contribution is 0.568. The Hall–Kier alpha value is -1.71. The second kappa shape index (κ2) is 6.59. The van der Waals surface area contributed by atoms with Gasteiger partial charge in [0.05, 0.1) is 18.6 Å². The summed E-state index contributed by atoms with van der Waals surface area (Å²) in [5.41, 5.74) is 2.20. The summed E-state index contributed by atoms with van der Waals surface area (Å²) in [7, 11) is 0. The van der Waals surface area contributed by atoms with Crippen LogP contribution in [0, 0.1) is 0 Å². The first-order chi connectivity index (χ1) is 10.6. The summed E-state index contributed by atoms with van der Waals surface area (Å²) >= 11 is 12.1. The molecule has 0 radical (unpaired) electrons. The summed E-state index contributed by atoms with van der Waals surface area (Å²) < 4.78 is 0. The van der Waals surface area contributed by atoms with Gasteiger partial charge < -0.3 is 10.6 Å². The standard InChI is InChI=1S/C17H17Cl2N3/c1-11-16(12-5-3-2-4-6-12)22-17(21-11)20-10-13-7-8-14(18)9-15(13)19/h2-9,11,16H,10H2,1H3,(H2,20,21,22)/t11-,16+/m0/s1. The highest BCUT2D eigenvalue weighted by atomic mass is 35.5. The van der Waals surface area contributed by atoms with Crippen LogP contribution in [-0.4, -0.2) is 12.0 Å². The summed E-state index contributed by atoms with van der Waals surface area (Å²) in [6.07, 6.45) is 0. The maximum absolute atomic E-state index is 6.17. The summed E-state index contributed by atoms with van der Waals surface area (Å²) in [4.78, 5) is 4.58. The minimum absolute atomic E-state index is 0.223. The molecule has 0 saturated carbocycles. The molecular formula is C17H17Cl2N3. The van der Waals surface area contributed by atoms with Gasteiger partial charge in [0.15, 0.2) is 5.96 Å². The molecule has 1 aliphatic rings. The molecule has 1 fully saturated rings. The quantitative estimate of drug-likeness (QED) is 0.884. The van der Waals surface area contributed by atoms with Crippen molar-refractivity contribution < 1.29 is 0 Å². The molecule has 2 N–H and O–H groups in total. The third kappa shape index (κ3) is 3.37. The lowest BCUT2D eigenvalue weighted by atomic mass is 10.0. The molecule has 0 bridgehead atoms. The van der Waals surface area contributed by atoms with Crippen molar-refractivity contribution in [2.24, 2.45) is 4.99 Å². The van der Waals surface area contributed by atoms with Crippen molar-refractivity contribution in [2.45, 2.75) is 25.6 Å². The number of hydrogen-bond donors (Lipinski definition) is 2. The average Bonchev–Trinajstić information content (AvgIpc) is 2.88. The fourth-order valence-electron chi connectivity index (χ4n) is 2.55. The van der Waals surface area contributed by atoms with E-state index in [9.17, 15) is 0 Å². The minimum atomic E-state index is 0.223. The number of halogens is 2. The molecule has 2 aromatic carbocycles. The van der Waals surface area contributed by atoms with Crippen molar-refractivity contribution >= 4 is 29.2 Å². The van der Waals surface area contributed by atoms with Gasteiger partial charge in [-0.2, -0.15) is 0 Å². The molecule has 0 amide bonds.